The number of halogens is 1. The summed E-state index contributed by atoms with van der Waals surface area (Å²) in [6.45, 7) is 4.85. The lowest BCUT2D eigenvalue weighted by Gasteiger charge is -2.14. The Morgan fingerprint density at radius 1 is 1.16 bits per heavy atom. The van der Waals surface area contributed by atoms with Gasteiger partial charge in [0.05, 0.1) is 23.8 Å². The second-order valence-electron chi connectivity index (χ2n) is 5.34. The Morgan fingerprint density at radius 3 is 2.48 bits per heavy atom. The molecule has 0 unspecified atom stereocenters. The van der Waals surface area contributed by atoms with Crippen LogP contribution in [-0.2, 0) is 4.79 Å². The van der Waals surface area contributed by atoms with Gasteiger partial charge in [0.15, 0.2) is 11.5 Å². The van der Waals surface area contributed by atoms with Gasteiger partial charge in [-0.25, -0.2) is 4.79 Å². The Balaban J connectivity index is 2.48. The van der Waals surface area contributed by atoms with Crippen molar-refractivity contribution in [2.45, 2.75) is 20.3 Å². The van der Waals surface area contributed by atoms with Gasteiger partial charge in [0.2, 0.25) is 0 Å². The van der Waals surface area contributed by atoms with Crippen LogP contribution in [0.5, 0.6) is 11.5 Å². The van der Waals surface area contributed by atoms with Gasteiger partial charge in [0, 0.05) is 0 Å². The van der Waals surface area contributed by atoms with Crippen molar-refractivity contribution >= 4 is 29.2 Å². The van der Waals surface area contributed by atoms with Crippen molar-refractivity contribution in [2.75, 3.05) is 13.2 Å². The molecule has 0 heterocycles. The number of aliphatic carboxylic acids is 1. The zero-order chi connectivity index (χ0) is 18.2. The summed E-state index contributed by atoms with van der Waals surface area (Å²) in [7, 11) is 0. The van der Waals surface area contributed by atoms with Gasteiger partial charge in [-0.05, 0) is 42.7 Å². The van der Waals surface area contributed by atoms with Gasteiger partial charge in [-0.3, -0.25) is 0 Å². The van der Waals surface area contributed by atoms with Gasteiger partial charge < -0.3 is 14.6 Å². The summed E-state index contributed by atoms with van der Waals surface area (Å²) in [4.78, 5) is 11.7. The molecule has 25 heavy (non-hydrogen) atoms. The van der Waals surface area contributed by atoms with Crippen molar-refractivity contribution in [2.24, 2.45) is 0 Å². The molecule has 0 amide bonds. The molecule has 0 aromatic heterocycles. The first kappa shape index (κ1) is 18.9. The molecule has 0 aliphatic rings. The lowest BCUT2D eigenvalue weighted by atomic mass is 10.0. The van der Waals surface area contributed by atoms with E-state index < -0.39 is 5.97 Å². The minimum atomic E-state index is -1.01. The summed E-state index contributed by atoms with van der Waals surface area (Å²) in [5.74, 6) is -0.0156. The van der Waals surface area contributed by atoms with Crippen LogP contribution in [0.3, 0.4) is 0 Å². The Labute approximate surface area is 152 Å². The van der Waals surface area contributed by atoms with E-state index >= 15 is 0 Å². The topological polar surface area (TPSA) is 55.8 Å². The molecule has 2 aromatic rings. The normalized spacial score (nSPS) is 11.2. The SMILES string of the molecule is CCCOc1c(Cl)cc(/C=C(\C(=O)O)c2ccccc2)cc1OCC. The molecule has 0 saturated heterocycles. The molecule has 0 atom stereocenters. The van der Waals surface area contributed by atoms with E-state index in [1.807, 2.05) is 19.9 Å². The number of ether oxygens (including phenoxy) is 2. The predicted molar refractivity (Wildman–Crippen MR) is 100 cm³/mol. The fourth-order valence-corrected chi connectivity index (χ4v) is 2.61. The van der Waals surface area contributed by atoms with Crippen LogP contribution in [0.1, 0.15) is 31.4 Å². The highest BCUT2D eigenvalue weighted by atomic mass is 35.5. The molecule has 2 rings (SSSR count). The first-order valence-corrected chi connectivity index (χ1v) is 8.54. The van der Waals surface area contributed by atoms with Gasteiger partial charge in [0.25, 0.3) is 0 Å². The van der Waals surface area contributed by atoms with Crippen LogP contribution in [-0.4, -0.2) is 24.3 Å². The van der Waals surface area contributed by atoms with Crippen LogP contribution in [0.4, 0.5) is 0 Å². The Bertz CT molecular complexity index is 754. The molecule has 132 valence electrons. The molecule has 4 nitrogen and oxygen atoms in total. The van der Waals surface area contributed by atoms with Gasteiger partial charge in [-0.1, -0.05) is 48.9 Å². The fourth-order valence-electron chi connectivity index (χ4n) is 2.33. The van der Waals surface area contributed by atoms with Crippen molar-refractivity contribution in [1.82, 2.24) is 0 Å². The molecule has 0 aliphatic heterocycles. The summed E-state index contributed by atoms with van der Waals surface area (Å²) < 4.78 is 11.3. The molecular weight excluding hydrogens is 340 g/mol. The molecule has 0 saturated carbocycles. The minimum absolute atomic E-state index is 0.182. The fraction of sp³-hybridized carbons (Fsp3) is 0.250. The maximum Gasteiger partial charge on any atom is 0.336 e. The molecule has 1 N–H and O–H groups in total. The molecule has 5 heteroatoms. The molecule has 2 aromatic carbocycles. The maximum atomic E-state index is 11.7. The summed E-state index contributed by atoms with van der Waals surface area (Å²) in [6.07, 6.45) is 2.43. The van der Waals surface area contributed by atoms with Crippen LogP contribution in [0.2, 0.25) is 5.02 Å². The highest BCUT2D eigenvalue weighted by Crippen LogP contribution is 2.37. The summed E-state index contributed by atoms with van der Waals surface area (Å²) in [6, 6.07) is 12.4. The van der Waals surface area contributed by atoms with Gasteiger partial charge >= 0.3 is 5.97 Å². The number of hydrogen-bond donors (Lipinski definition) is 1. The number of carboxylic acids is 1. The third-order valence-corrected chi connectivity index (χ3v) is 3.69. The number of carboxylic acid groups (broad SMARTS) is 1. The Morgan fingerprint density at radius 2 is 1.88 bits per heavy atom. The average Bonchev–Trinajstić information content (AvgIpc) is 2.60. The summed E-state index contributed by atoms with van der Waals surface area (Å²) in [5, 5.41) is 9.94. The smallest absolute Gasteiger partial charge is 0.336 e. The highest BCUT2D eigenvalue weighted by molar-refractivity contribution is 6.32. The third kappa shape index (κ3) is 5.00. The van der Waals surface area contributed by atoms with E-state index in [2.05, 4.69) is 0 Å². The first-order chi connectivity index (χ1) is 12.1. The summed E-state index contributed by atoms with van der Waals surface area (Å²) in [5.41, 5.74) is 1.44. The van der Waals surface area contributed by atoms with Gasteiger partial charge in [-0.15, -0.1) is 0 Å². The lowest BCUT2D eigenvalue weighted by molar-refractivity contribution is -0.130. The van der Waals surface area contributed by atoms with Crippen LogP contribution < -0.4 is 9.47 Å². The number of benzene rings is 2. The molecule has 0 spiro atoms. The third-order valence-electron chi connectivity index (χ3n) is 3.41. The van der Waals surface area contributed by atoms with Gasteiger partial charge in [0.1, 0.15) is 0 Å². The largest absolute Gasteiger partial charge is 0.490 e. The second-order valence-corrected chi connectivity index (χ2v) is 5.75. The quantitative estimate of drug-likeness (QED) is 0.522. The van der Waals surface area contributed by atoms with Crippen molar-refractivity contribution < 1.29 is 19.4 Å². The van der Waals surface area contributed by atoms with E-state index in [9.17, 15) is 9.90 Å². The van der Waals surface area contributed by atoms with Crippen LogP contribution in [0, 0.1) is 0 Å². The Kier molecular flexibility index (Phi) is 6.90. The van der Waals surface area contributed by atoms with E-state index in [4.69, 9.17) is 21.1 Å². The van der Waals surface area contributed by atoms with Crippen LogP contribution in [0.15, 0.2) is 42.5 Å². The number of carbonyl (C=O) groups is 1. The average molecular weight is 361 g/mol. The van der Waals surface area contributed by atoms with Crippen molar-refractivity contribution in [3.8, 4) is 11.5 Å². The highest BCUT2D eigenvalue weighted by Gasteiger charge is 2.14. The maximum absolute atomic E-state index is 11.7. The summed E-state index contributed by atoms with van der Waals surface area (Å²) >= 11 is 6.33. The van der Waals surface area contributed by atoms with Crippen molar-refractivity contribution in [1.29, 1.82) is 0 Å². The van der Waals surface area contributed by atoms with Crippen molar-refractivity contribution in [3.05, 3.63) is 58.6 Å². The molecule has 0 bridgehead atoms. The molecule has 0 radical (unpaired) electrons. The number of hydrogen-bond acceptors (Lipinski definition) is 3. The standard InChI is InChI=1S/C20H21ClO4/c1-3-10-25-19-17(21)12-14(13-18(19)24-4-2)11-16(20(22)23)15-8-6-5-7-9-15/h5-9,11-13H,3-4,10H2,1-2H3,(H,22,23)/b16-11-. The second kappa shape index (κ2) is 9.14. The van der Waals surface area contributed by atoms with Crippen LogP contribution in [0.25, 0.3) is 11.6 Å². The Hall–Kier alpha value is -2.46. The monoisotopic (exact) mass is 360 g/mol. The van der Waals surface area contributed by atoms with E-state index in [0.29, 0.717) is 40.9 Å². The zero-order valence-electron chi connectivity index (χ0n) is 14.3. The molecule has 0 fully saturated rings. The van der Waals surface area contributed by atoms with E-state index in [-0.39, 0.29) is 5.57 Å². The van der Waals surface area contributed by atoms with E-state index in [1.165, 1.54) is 0 Å². The van der Waals surface area contributed by atoms with E-state index in [0.717, 1.165) is 6.42 Å². The predicted octanol–water partition coefficient (Wildman–Crippen LogP) is 5.15. The van der Waals surface area contributed by atoms with Gasteiger partial charge in [-0.2, -0.15) is 0 Å². The first-order valence-electron chi connectivity index (χ1n) is 8.16. The van der Waals surface area contributed by atoms with E-state index in [1.54, 1.807) is 42.5 Å². The lowest BCUT2D eigenvalue weighted by Crippen LogP contribution is -2.02. The molecule has 0 aliphatic carbocycles. The zero-order valence-corrected chi connectivity index (χ0v) is 15.0. The minimum Gasteiger partial charge on any atom is -0.490 e. The number of rotatable bonds is 8. The van der Waals surface area contributed by atoms with Crippen LogP contribution >= 0.6 is 11.6 Å². The van der Waals surface area contributed by atoms with Crippen molar-refractivity contribution in [3.63, 3.8) is 0 Å². The molecular formula is C20H21ClO4.